The van der Waals surface area contributed by atoms with Crippen LogP contribution in [0.1, 0.15) is 10.7 Å². The van der Waals surface area contributed by atoms with E-state index in [9.17, 15) is 0 Å². The molecule has 0 fully saturated rings. The van der Waals surface area contributed by atoms with Crippen LogP contribution < -0.4 is 4.74 Å². The summed E-state index contributed by atoms with van der Waals surface area (Å²) in [6.45, 7) is 0.550. The molecule has 0 saturated heterocycles. The van der Waals surface area contributed by atoms with E-state index in [1.54, 1.807) is 6.20 Å². The van der Waals surface area contributed by atoms with Crippen molar-refractivity contribution in [1.29, 1.82) is 0 Å². The molecule has 0 atom stereocenters. The zero-order valence-corrected chi connectivity index (χ0v) is 10.0. The zero-order chi connectivity index (χ0) is 11.2. The average Bonchev–Trinajstić information content (AvgIpc) is 2.78. The second kappa shape index (κ2) is 5.77. The molecule has 2 heterocycles. The topological polar surface area (TPSA) is 47.9 Å². The van der Waals surface area contributed by atoms with E-state index in [0.29, 0.717) is 17.7 Å². The van der Waals surface area contributed by atoms with Crippen LogP contribution in [0.15, 0.2) is 24.4 Å². The third-order valence-electron chi connectivity index (χ3n) is 1.87. The van der Waals surface area contributed by atoms with E-state index < -0.39 is 0 Å². The Balaban J connectivity index is 1.80. The van der Waals surface area contributed by atoms with Crippen LogP contribution in [0.5, 0.6) is 5.19 Å². The summed E-state index contributed by atoms with van der Waals surface area (Å²) in [7, 11) is 0. The molecule has 16 heavy (non-hydrogen) atoms. The minimum absolute atomic E-state index is 0.376. The van der Waals surface area contributed by atoms with Gasteiger partial charge in [0, 0.05) is 18.3 Å². The molecular formula is C10H10ClN3OS. The van der Waals surface area contributed by atoms with Crippen LogP contribution in [-0.4, -0.2) is 21.8 Å². The Morgan fingerprint density at radius 2 is 2.25 bits per heavy atom. The molecule has 2 aromatic heterocycles. The van der Waals surface area contributed by atoms with E-state index in [-0.39, 0.29) is 0 Å². The first-order valence-electron chi connectivity index (χ1n) is 4.79. The minimum Gasteiger partial charge on any atom is -0.469 e. The van der Waals surface area contributed by atoms with E-state index in [4.69, 9.17) is 16.3 Å². The average molecular weight is 256 g/mol. The van der Waals surface area contributed by atoms with Crippen molar-refractivity contribution in [2.45, 2.75) is 12.3 Å². The van der Waals surface area contributed by atoms with Gasteiger partial charge in [0.1, 0.15) is 5.01 Å². The van der Waals surface area contributed by atoms with Crippen molar-refractivity contribution in [2.24, 2.45) is 0 Å². The van der Waals surface area contributed by atoms with E-state index in [2.05, 4.69) is 15.2 Å². The number of hydrogen-bond donors (Lipinski definition) is 0. The molecule has 2 aromatic rings. The van der Waals surface area contributed by atoms with Crippen LogP contribution in [0.2, 0.25) is 0 Å². The third-order valence-corrected chi connectivity index (χ3v) is 3.12. The Kier molecular flexibility index (Phi) is 4.07. The second-order valence-corrected chi connectivity index (χ2v) is 4.31. The summed E-state index contributed by atoms with van der Waals surface area (Å²) in [6.07, 6.45) is 2.53. The van der Waals surface area contributed by atoms with Gasteiger partial charge in [-0.1, -0.05) is 17.4 Å². The maximum absolute atomic E-state index is 5.61. The predicted molar refractivity (Wildman–Crippen MR) is 62.9 cm³/mol. The van der Waals surface area contributed by atoms with Crippen LogP contribution in [0.25, 0.3) is 0 Å². The molecule has 0 aliphatic carbocycles. The molecule has 4 nitrogen and oxygen atoms in total. The van der Waals surface area contributed by atoms with Gasteiger partial charge in [-0.15, -0.1) is 21.8 Å². The predicted octanol–water partition coefficient (Wildman–Crippen LogP) is 2.29. The van der Waals surface area contributed by atoms with Crippen molar-refractivity contribution in [3.05, 3.63) is 35.1 Å². The maximum atomic E-state index is 5.61. The summed E-state index contributed by atoms with van der Waals surface area (Å²) in [4.78, 5) is 4.20. The molecule has 0 aliphatic heterocycles. The fraction of sp³-hybridized carbons (Fsp3) is 0.300. The molecule has 84 valence electrons. The Bertz CT molecular complexity index is 435. The first-order valence-corrected chi connectivity index (χ1v) is 6.14. The van der Waals surface area contributed by atoms with E-state index in [1.807, 2.05) is 18.2 Å². The molecule has 0 N–H and O–H groups in total. The number of rotatable bonds is 5. The van der Waals surface area contributed by atoms with Crippen molar-refractivity contribution in [1.82, 2.24) is 15.2 Å². The number of nitrogens with zero attached hydrogens (tertiary/aromatic N) is 3. The molecule has 0 amide bonds. The Morgan fingerprint density at radius 1 is 1.31 bits per heavy atom. The molecule has 0 aromatic carbocycles. The van der Waals surface area contributed by atoms with Crippen LogP contribution in [0.3, 0.4) is 0 Å². The van der Waals surface area contributed by atoms with Crippen molar-refractivity contribution in [3.8, 4) is 5.19 Å². The smallest absolute Gasteiger partial charge is 0.294 e. The highest BCUT2D eigenvalue weighted by Gasteiger charge is 2.03. The third kappa shape index (κ3) is 3.15. The summed E-state index contributed by atoms with van der Waals surface area (Å²) in [5, 5.41) is 9.05. The molecule has 0 radical (unpaired) electrons. The number of ether oxygens (including phenoxy) is 1. The van der Waals surface area contributed by atoms with Crippen LogP contribution >= 0.6 is 22.9 Å². The Morgan fingerprint density at radius 3 is 2.94 bits per heavy atom. The number of aromatic nitrogens is 3. The van der Waals surface area contributed by atoms with Crippen molar-refractivity contribution in [3.63, 3.8) is 0 Å². The van der Waals surface area contributed by atoms with Gasteiger partial charge in [0.15, 0.2) is 0 Å². The van der Waals surface area contributed by atoms with E-state index in [0.717, 1.165) is 17.1 Å². The highest BCUT2D eigenvalue weighted by molar-refractivity contribution is 7.13. The van der Waals surface area contributed by atoms with Crippen LogP contribution in [-0.2, 0) is 12.3 Å². The second-order valence-electron chi connectivity index (χ2n) is 3.01. The van der Waals surface area contributed by atoms with Gasteiger partial charge in [0.05, 0.1) is 12.5 Å². The van der Waals surface area contributed by atoms with Crippen molar-refractivity contribution in [2.75, 3.05) is 6.61 Å². The lowest BCUT2D eigenvalue weighted by atomic mass is 10.3. The normalized spacial score (nSPS) is 10.3. The summed E-state index contributed by atoms with van der Waals surface area (Å²) < 4.78 is 5.44. The van der Waals surface area contributed by atoms with Gasteiger partial charge < -0.3 is 4.74 Å². The molecule has 0 unspecified atom stereocenters. The number of hydrogen-bond acceptors (Lipinski definition) is 5. The quantitative estimate of drug-likeness (QED) is 0.769. The molecule has 0 spiro atoms. The molecule has 0 aliphatic rings. The Hall–Kier alpha value is -1.20. The standard InChI is InChI=1S/C10H10ClN3OS/c11-7-9-13-14-10(16-9)15-6-4-8-3-1-2-5-12-8/h1-3,5H,4,6-7H2. The highest BCUT2D eigenvalue weighted by atomic mass is 35.5. The minimum atomic E-state index is 0.376. The van der Waals surface area contributed by atoms with Gasteiger partial charge in [0.2, 0.25) is 0 Å². The first kappa shape index (κ1) is 11.3. The van der Waals surface area contributed by atoms with Gasteiger partial charge in [-0.25, -0.2) is 0 Å². The van der Waals surface area contributed by atoms with E-state index >= 15 is 0 Å². The summed E-state index contributed by atoms with van der Waals surface area (Å²) in [6, 6.07) is 5.81. The molecular weight excluding hydrogens is 246 g/mol. The number of pyridine rings is 1. The fourth-order valence-corrected chi connectivity index (χ4v) is 1.92. The van der Waals surface area contributed by atoms with Crippen LogP contribution in [0.4, 0.5) is 0 Å². The highest BCUT2D eigenvalue weighted by Crippen LogP contribution is 2.19. The van der Waals surface area contributed by atoms with Crippen LogP contribution in [0, 0.1) is 0 Å². The Labute approximate surface area is 102 Å². The number of halogens is 1. The largest absolute Gasteiger partial charge is 0.469 e. The van der Waals surface area contributed by atoms with Gasteiger partial charge in [-0.05, 0) is 12.1 Å². The van der Waals surface area contributed by atoms with Gasteiger partial charge in [0.25, 0.3) is 5.19 Å². The van der Waals surface area contributed by atoms with Crippen molar-refractivity contribution < 1.29 is 4.74 Å². The summed E-state index contributed by atoms with van der Waals surface area (Å²) in [5.74, 6) is 0.376. The van der Waals surface area contributed by atoms with Gasteiger partial charge in [-0.2, -0.15) is 0 Å². The SMILES string of the molecule is ClCc1nnc(OCCc2ccccn2)s1. The van der Waals surface area contributed by atoms with Gasteiger partial charge >= 0.3 is 0 Å². The summed E-state index contributed by atoms with van der Waals surface area (Å²) >= 11 is 6.98. The molecule has 2 rings (SSSR count). The lowest BCUT2D eigenvalue weighted by molar-refractivity contribution is 0.316. The number of alkyl halides is 1. The lowest BCUT2D eigenvalue weighted by Crippen LogP contribution is -2.02. The molecule has 6 heteroatoms. The molecule has 0 bridgehead atoms. The molecule has 0 saturated carbocycles. The first-order chi connectivity index (χ1) is 7.88. The zero-order valence-electron chi connectivity index (χ0n) is 8.47. The van der Waals surface area contributed by atoms with Crippen molar-refractivity contribution >= 4 is 22.9 Å². The maximum Gasteiger partial charge on any atom is 0.294 e. The lowest BCUT2D eigenvalue weighted by Gasteiger charge is -2.00. The summed E-state index contributed by atoms with van der Waals surface area (Å²) in [5.41, 5.74) is 1.00. The monoisotopic (exact) mass is 255 g/mol. The van der Waals surface area contributed by atoms with E-state index in [1.165, 1.54) is 11.3 Å². The van der Waals surface area contributed by atoms with Gasteiger partial charge in [-0.3, -0.25) is 4.98 Å². The fourth-order valence-electron chi connectivity index (χ4n) is 1.14.